The number of nitriles is 1. The molecule has 0 aliphatic heterocycles. The lowest BCUT2D eigenvalue weighted by Gasteiger charge is -1.97. The fraction of sp³-hybridized carbons (Fsp3) is 0. The van der Waals surface area contributed by atoms with Crippen molar-refractivity contribution in [3.8, 4) is 6.07 Å². The van der Waals surface area contributed by atoms with Gasteiger partial charge >= 0.3 is 0 Å². The summed E-state index contributed by atoms with van der Waals surface area (Å²) in [6.07, 6.45) is 0. The fourth-order valence-electron chi connectivity index (χ4n) is 0.869. The first-order chi connectivity index (χ1) is 6.29. The van der Waals surface area contributed by atoms with Crippen molar-refractivity contribution < 1.29 is 0 Å². The molecule has 0 spiro atoms. The topological polar surface area (TPSA) is 47.6 Å². The summed E-state index contributed by atoms with van der Waals surface area (Å²) < 4.78 is 0. The van der Waals surface area contributed by atoms with Crippen LogP contribution in [0.5, 0.6) is 0 Å². The average molecular weight is 186 g/mol. The number of hydrogen-bond donors (Lipinski definition) is 1. The molecule has 0 aliphatic rings. The minimum atomic E-state index is 0.0983. The molecule has 0 atom stereocenters. The lowest BCUT2D eigenvalue weighted by atomic mass is 10.1. The van der Waals surface area contributed by atoms with E-state index in [9.17, 15) is 0 Å². The Labute approximate surface area is 81.6 Å². The van der Waals surface area contributed by atoms with Crippen LogP contribution < -0.4 is 0 Å². The predicted molar refractivity (Wildman–Crippen MR) is 55.0 cm³/mol. The first-order valence-electron chi connectivity index (χ1n) is 3.59. The maximum absolute atomic E-state index is 8.60. The molecule has 2 nitrogen and oxygen atoms in total. The Balaban J connectivity index is 3.08. The molecular weight excluding hydrogens is 180 g/mol. The van der Waals surface area contributed by atoms with Crippen molar-refractivity contribution in [3.05, 3.63) is 41.5 Å². The van der Waals surface area contributed by atoms with E-state index < -0.39 is 0 Å². The van der Waals surface area contributed by atoms with Gasteiger partial charge in [-0.25, -0.2) is 0 Å². The Morgan fingerprint density at radius 3 is 2.38 bits per heavy atom. The molecule has 0 aromatic heterocycles. The molecule has 0 fully saturated rings. The van der Waals surface area contributed by atoms with Crippen LogP contribution in [0.4, 0.5) is 0 Å². The van der Waals surface area contributed by atoms with Crippen LogP contribution in [0.25, 0.3) is 0 Å². The maximum Gasteiger partial charge on any atom is 0.131 e. The third kappa shape index (κ3) is 2.09. The summed E-state index contributed by atoms with van der Waals surface area (Å²) in [5.74, 6) is 2.01. The number of nitrogens with one attached hydrogen (secondary N) is 1. The number of rotatable bonds is 2. The number of thiocarbonyl (C=S) groups is 1. The lowest BCUT2D eigenvalue weighted by molar-refractivity contribution is 1.51. The van der Waals surface area contributed by atoms with E-state index in [-0.39, 0.29) is 5.57 Å². The van der Waals surface area contributed by atoms with Crippen molar-refractivity contribution >= 4 is 23.0 Å². The van der Waals surface area contributed by atoms with Crippen LogP contribution in [0.15, 0.2) is 35.9 Å². The Bertz CT molecular complexity index is 408. The molecule has 0 bridgehead atoms. The zero-order valence-corrected chi connectivity index (χ0v) is 7.56. The zero-order valence-electron chi connectivity index (χ0n) is 6.74. The van der Waals surface area contributed by atoms with Crippen molar-refractivity contribution in [1.82, 2.24) is 0 Å². The number of hydrogen-bond acceptors (Lipinski definition) is 3. The first kappa shape index (κ1) is 9.34. The van der Waals surface area contributed by atoms with Crippen molar-refractivity contribution in [2.75, 3.05) is 0 Å². The van der Waals surface area contributed by atoms with Crippen LogP contribution in [0, 0.1) is 16.7 Å². The van der Waals surface area contributed by atoms with E-state index in [1.165, 1.54) is 0 Å². The molecule has 3 heteroatoms. The summed E-state index contributed by atoms with van der Waals surface area (Å²) in [5.41, 5.74) is 0.870. The standard InChI is InChI=1S/C10H6N2S/c11-6-9(7-12)10(13)8-4-2-1-3-5-8/h1-5,11H. The molecule has 1 rings (SSSR count). The van der Waals surface area contributed by atoms with E-state index in [1.54, 1.807) is 12.1 Å². The van der Waals surface area contributed by atoms with Gasteiger partial charge in [-0.1, -0.05) is 42.5 Å². The first-order valence-corrected chi connectivity index (χ1v) is 4.00. The number of benzene rings is 1. The number of nitrogens with zero attached hydrogens (tertiary/aromatic N) is 1. The molecule has 0 heterocycles. The molecule has 0 saturated heterocycles. The van der Waals surface area contributed by atoms with Gasteiger partial charge in [0.2, 0.25) is 0 Å². The fourth-order valence-corrected chi connectivity index (χ4v) is 1.10. The van der Waals surface area contributed by atoms with Gasteiger partial charge in [0.1, 0.15) is 11.6 Å². The normalized spacial score (nSPS) is 8.23. The quantitative estimate of drug-likeness (QED) is 0.253. The number of allylic oxidation sites excluding steroid dienone is 1. The molecule has 1 aromatic carbocycles. The SMILES string of the molecule is N#CC(=C=N)C(=S)c1ccccc1. The van der Waals surface area contributed by atoms with Gasteiger partial charge in [0.05, 0.1) is 4.86 Å². The second kappa shape index (κ2) is 4.32. The van der Waals surface area contributed by atoms with Gasteiger partial charge in [-0.15, -0.1) is 0 Å². The van der Waals surface area contributed by atoms with Crippen LogP contribution >= 0.6 is 12.2 Å². The molecule has 1 N–H and O–H groups in total. The van der Waals surface area contributed by atoms with Crippen molar-refractivity contribution in [3.63, 3.8) is 0 Å². The van der Waals surface area contributed by atoms with Gasteiger partial charge in [-0.3, -0.25) is 5.41 Å². The second-order valence-electron chi connectivity index (χ2n) is 2.31. The Hall–Kier alpha value is -1.75. The third-order valence-corrected chi connectivity index (χ3v) is 1.94. The highest BCUT2D eigenvalue weighted by Crippen LogP contribution is 2.06. The highest BCUT2D eigenvalue weighted by molar-refractivity contribution is 7.81. The van der Waals surface area contributed by atoms with E-state index in [2.05, 4.69) is 0 Å². The van der Waals surface area contributed by atoms with Gasteiger partial charge < -0.3 is 0 Å². The summed E-state index contributed by atoms with van der Waals surface area (Å²) in [6, 6.07) is 11.0. The summed E-state index contributed by atoms with van der Waals surface area (Å²) >= 11 is 5.00. The molecule has 13 heavy (non-hydrogen) atoms. The van der Waals surface area contributed by atoms with Crippen molar-refractivity contribution in [2.24, 2.45) is 0 Å². The minimum absolute atomic E-state index is 0.0983. The summed E-state index contributed by atoms with van der Waals surface area (Å²) in [6.45, 7) is 0. The van der Waals surface area contributed by atoms with Crippen LogP contribution in [-0.2, 0) is 0 Å². The molecule has 0 radical (unpaired) electrons. The second-order valence-corrected chi connectivity index (χ2v) is 2.72. The Morgan fingerprint density at radius 2 is 1.92 bits per heavy atom. The smallest absolute Gasteiger partial charge is 0.131 e. The van der Waals surface area contributed by atoms with Gasteiger partial charge in [0.15, 0.2) is 0 Å². The van der Waals surface area contributed by atoms with E-state index in [1.807, 2.05) is 30.1 Å². The van der Waals surface area contributed by atoms with Gasteiger partial charge in [-0.05, 0) is 11.4 Å². The Morgan fingerprint density at radius 1 is 1.31 bits per heavy atom. The van der Waals surface area contributed by atoms with E-state index in [0.29, 0.717) is 4.86 Å². The monoisotopic (exact) mass is 186 g/mol. The molecular formula is C10H6N2S. The third-order valence-electron chi connectivity index (χ3n) is 1.50. The lowest BCUT2D eigenvalue weighted by Crippen LogP contribution is -1.99. The highest BCUT2D eigenvalue weighted by atomic mass is 32.1. The highest BCUT2D eigenvalue weighted by Gasteiger charge is 2.05. The minimum Gasteiger partial charge on any atom is -0.258 e. The molecule has 62 valence electrons. The van der Waals surface area contributed by atoms with Crippen molar-refractivity contribution in [2.45, 2.75) is 0 Å². The van der Waals surface area contributed by atoms with Crippen LogP contribution in [0.2, 0.25) is 0 Å². The summed E-state index contributed by atoms with van der Waals surface area (Å²) in [7, 11) is 0. The van der Waals surface area contributed by atoms with Crippen LogP contribution in [0.3, 0.4) is 0 Å². The zero-order chi connectivity index (χ0) is 9.68. The van der Waals surface area contributed by atoms with Gasteiger partial charge in [-0.2, -0.15) is 5.26 Å². The van der Waals surface area contributed by atoms with Crippen LogP contribution in [0.1, 0.15) is 5.56 Å². The maximum atomic E-state index is 8.60. The largest absolute Gasteiger partial charge is 0.258 e. The van der Waals surface area contributed by atoms with E-state index in [4.69, 9.17) is 22.9 Å². The predicted octanol–water partition coefficient (Wildman–Crippen LogP) is 2.10. The van der Waals surface area contributed by atoms with Crippen LogP contribution in [-0.4, -0.2) is 10.7 Å². The molecule has 0 aliphatic carbocycles. The Kier molecular flexibility index (Phi) is 3.10. The summed E-state index contributed by atoms with van der Waals surface area (Å²) in [5, 5.41) is 15.4. The van der Waals surface area contributed by atoms with E-state index in [0.717, 1.165) is 5.56 Å². The molecule has 0 amide bonds. The average Bonchev–Trinajstić information content (AvgIpc) is 2.21. The van der Waals surface area contributed by atoms with Crippen molar-refractivity contribution in [1.29, 1.82) is 10.7 Å². The molecule has 1 aromatic rings. The van der Waals surface area contributed by atoms with Gasteiger partial charge in [0.25, 0.3) is 0 Å². The molecule has 0 saturated carbocycles. The van der Waals surface area contributed by atoms with E-state index >= 15 is 0 Å². The molecule has 0 unspecified atom stereocenters. The summed E-state index contributed by atoms with van der Waals surface area (Å²) in [4.78, 5) is 0.373. The van der Waals surface area contributed by atoms with Gasteiger partial charge in [0, 0.05) is 0 Å².